The zero-order valence-corrected chi connectivity index (χ0v) is 13.0. The molecule has 6 nitrogen and oxygen atoms in total. The number of nitrogens with zero attached hydrogens (tertiary/aromatic N) is 2. The minimum Gasteiger partial charge on any atom is -0.352 e. The second-order valence-electron chi connectivity index (χ2n) is 5.58. The maximum absolute atomic E-state index is 12.2. The van der Waals surface area contributed by atoms with Gasteiger partial charge < -0.3 is 15.5 Å². The fraction of sp³-hybridized carbons (Fsp3) is 0.562. The first-order valence-electron chi connectivity index (χ1n) is 7.91. The van der Waals surface area contributed by atoms with Gasteiger partial charge in [-0.1, -0.05) is 13.0 Å². The number of hydrogen-bond donors (Lipinski definition) is 2. The van der Waals surface area contributed by atoms with Crippen molar-refractivity contribution >= 4 is 11.9 Å². The number of urea groups is 1. The van der Waals surface area contributed by atoms with Crippen LogP contribution < -0.4 is 10.6 Å². The number of carbonyl (C=O) groups is 2. The SMILES string of the molecule is CCCC(=O)N[C@@H]1CCCN(C(=O)NCc2ccccn2)C1. The molecule has 1 fully saturated rings. The maximum atomic E-state index is 12.2. The number of nitrogens with one attached hydrogen (secondary N) is 2. The summed E-state index contributed by atoms with van der Waals surface area (Å²) in [4.78, 5) is 29.8. The van der Waals surface area contributed by atoms with Crippen molar-refractivity contribution in [2.75, 3.05) is 13.1 Å². The molecule has 2 N–H and O–H groups in total. The van der Waals surface area contributed by atoms with E-state index < -0.39 is 0 Å². The third-order valence-electron chi connectivity index (χ3n) is 3.70. The quantitative estimate of drug-likeness (QED) is 0.869. The van der Waals surface area contributed by atoms with Crippen LogP contribution >= 0.6 is 0 Å². The highest BCUT2D eigenvalue weighted by atomic mass is 16.2. The van der Waals surface area contributed by atoms with Gasteiger partial charge in [0.25, 0.3) is 0 Å². The predicted molar refractivity (Wildman–Crippen MR) is 84.1 cm³/mol. The molecule has 0 aromatic carbocycles. The molecule has 2 rings (SSSR count). The van der Waals surface area contributed by atoms with Crippen LogP contribution in [0.1, 0.15) is 38.3 Å². The topological polar surface area (TPSA) is 74.3 Å². The Labute approximate surface area is 131 Å². The van der Waals surface area contributed by atoms with Crippen LogP contribution in [0.5, 0.6) is 0 Å². The van der Waals surface area contributed by atoms with Crippen LogP contribution in [0.3, 0.4) is 0 Å². The minimum atomic E-state index is -0.0971. The van der Waals surface area contributed by atoms with Gasteiger partial charge in [0, 0.05) is 31.7 Å². The van der Waals surface area contributed by atoms with Gasteiger partial charge in [0.1, 0.15) is 0 Å². The van der Waals surface area contributed by atoms with Crippen LogP contribution in [0.4, 0.5) is 4.79 Å². The summed E-state index contributed by atoms with van der Waals surface area (Å²) in [6.45, 7) is 3.71. The van der Waals surface area contributed by atoms with Gasteiger partial charge >= 0.3 is 6.03 Å². The normalized spacial score (nSPS) is 17.9. The Morgan fingerprint density at radius 2 is 2.27 bits per heavy atom. The molecule has 0 bridgehead atoms. The molecule has 120 valence electrons. The molecule has 6 heteroatoms. The van der Waals surface area contributed by atoms with Crippen LogP contribution in [0, 0.1) is 0 Å². The number of amides is 3. The fourth-order valence-electron chi connectivity index (χ4n) is 2.59. The monoisotopic (exact) mass is 304 g/mol. The zero-order valence-electron chi connectivity index (χ0n) is 13.0. The maximum Gasteiger partial charge on any atom is 0.317 e. The summed E-state index contributed by atoms with van der Waals surface area (Å²) < 4.78 is 0. The summed E-state index contributed by atoms with van der Waals surface area (Å²) in [5.41, 5.74) is 0.834. The molecule has 3 amide bonds. The van der Waals surface area contributed by atoms with Crippen LogP contribution in [-0.2, 0) is 11.3 Å². The Kier molecular flexibility index (Phi) is 6.18. The number of hydrogen-bond acceptors (Lipinski definition) is 3. The average molecular weight is 304 g/mol. The Balaban J connectivity index is 1.78. The number of carbonyl (C=O) groups excluding carboxylic acids is 2. The van der Waals surface area contributed by atoms with E-state index in [4.69, 9.17) is 0 Å². The van der Waals surface area contributed by atoms with E-state index in [9.17, 15) is 9.59 Å². The zero-order chi connectivity index (χ0) is 15.8. The van der Waals surface area contributed by atoms with Crippen molar-refractivity contribution in [3.63, 3.8) is 0 Å². The highest BCUT2D eigenvalue weighted by molar-refractivity contribution is 5.77. The average Bonchev–Trinajstić information content (AvgIpc) is 2.54. The van der Waals surface area contributed by atoms with Crippen molar-refractivity contribution in [1.82, 2.24) is 20.5 Å². The summed E-state index contributed by atoms with van der Waals surface area (Å²) in [5.74, 6) is 0.0724. The number of rotatable bonds is 5. The van der Waals surface area contributed by atoms with E-state index in [0.29, 0.717) is 19.5 Å². The first-order valence-corrected chi connectivity index (χ1v) is 7.91. The highest BCUT2D eigenvalue weighted by Crippen LogP contribution is 2.10. The molecular formula is C16H24N4O2. The molecule has 2 heterocycles. The van der Waals surface area contributed by atoms with Crippen molar-refractivity contribution in [2.24, 2.45) is 0 Å². The van der Waals surface area contributed by atoms with Crippen molar-refractivity contribution < 1.29 is 9.59 Å². The van der Waals surface area contributed by atoms with Gasteiger partial charge in [-0.15, -0.1) is 0 Å². The van der Waals surface area contributed by atoms with Crippen molar-refractivity contribution in [3.8, 4) is 0 Å². The molecule has 0 aliphatic carbocycles. The number of piperidine rings is 1. The molecule has 1 aromatic heterocycles. The molecule has 1 atom stereocenters. The molecule has 22 heavy (non-hydrogen) atoms. The van der Waals surface area contributed by atoms with Gasteiger partial charge in [-0.25, -0.2) is 4.79 Å². The third-order valence-corrected chi connectivity index (χ3v) is 3.70. The Bertz CT molecular complexity index is 492. The lowest BCUT2D eigenvalue weighted by atomic mass is 10.1. The Hall–Kier alpha value is -2.11. The van der Waals surface area contributed by atoms with E-state index in [1.165, 1.54) is 0 Å². The summed E-state index contributed by atoms with van der Waals surface area (Å²) in [5, 5.41) is 5.88. The van der Waals surface area contributed by atoms with Crippen molar-refractivity contribution in [2.45, 2.75) is 45.2 Å². The van der Waals surface area contributed by atoms with Gasteiger partial charge in [0.2, 0.25) is 5.91 Å². The second kappa shape index (κ2) is 8.36. The van der Waals surface area contributed by atoms with E-state index in [1.807, 2.05) is 25.1 Å². The molecule has 1 aliphatic rings. The number of pyridine rings is 1. The molecule has 0 unspecified atom stereocenters. The van der Waals surface area contributed by atoms with Crippen LogP contribution in [0.15, 0.2) is 24.4 Å². The van der Waals surface area contributed by atoms with Gasteiger partial charge in [-0.05, 0) is 31.4 Å². The van der Waals surface area contributed by atoms with Crippen molar-refractivity contribution in [3.05, 3.63) is 30.1 Å². The molecule has 1 saturated heterocycles. The van der Waals surface area contributed by atoms with E-state index in [2.05, 4.69) is 15.6 Å². The van der Waals surface area contributed by atoms with Gasteiger partial charge in [0.05, 0.1) is 12.2 Å². The fourth-order valence-corrected chi connectivity index (χ4v) is 2.59. The first-order chi connectivity index (χ1) is 10.7. The standard InChI is InChI=1S/C16H24N4O2/c1-2-6-15(21)19-14-8-5-10-20(12-14)16(22)18-11-13-7-3-4-9-17-13/h3-4,7,9,14H,2,5-6,8,10-12H2,1H3,(H,18,22)(H,19,21)/t14-/m1/s1. The lowest BCUT2D eigenvalue weighted by Crippen LogP contribution is -2.52. The highest BCUT2D eigenvalue weighted by Gasteiger charge is 2.24. The lowest BCUT2D eigenvalue weighted by molar-refractivity contribution is -0.122. The predicted octanol–water partition coefficient (Wildman–Crippen LogP) is 1.67. The second-order valence-corrected chi connectivity index (χ2v) is 5.58. The Morgan fingerprint density at radius 1 is 1.41 bits per heavy atom. The molecule has 0 spiro atoms. The van der Waals surface area contributed by atoms with Gasteiger partial charge in [-0.2, -0.15) is 0 Å². The lowest BCUT2D eigenvalue weighted by Gasteiger charge is -2.33. The van der Waals surface area contributed by atoms with Crippen LogP contribution in [0.2, 0.25) is 0 Å². The molecule has 1 aliphatic heterocycles. The first kappa shape index (κ1) is 16.3. The van der Waals surface area contributed by atoms with Crippen molar-refractivity contribution in [1.29, 1.82) is 0 Å². The molecular weight excluding hydrogens is 280 g/mol. The number of likely N-dealkylation sites (tertiary alicyclic amines) is 1. The third kappa shape index (κ3) is 5.02. The van der Waals surface area contributed by atoms with E-state index in [0.717, 1.165) is 31.5 Å². The minimum absolute atomic E-state index is 0.0633. The summed E-state index contributed by atoms with van der Waals surface area (Å²) in [6.07, 6.45) is 4.93. The largest absolute Gasteiger partial charge is 0.352 e. The summed E-state index contributed by atoms with van der Waals surface area (Å²) in [7, 11) is 0. The summed E-state index contributed by atoms with van der Waals surface area (Å²) in [6, 6.07) is 5.59. The van der Waals surface area contributed by atoms with Crippen LogP contribution in [0.25, 0.3) is 0 Å². The molecule has 0 radical (unpaired) electrons. The van der Waals surface area contributed by atoms with Crippen LogP contribution in [-0.4, -0.2) is 41.0 Å². The smallest absolute Gasteiger partial charge is 0.317 e. The van der Waals surface area contributed by atoms with E-state index in [1.54, 1.807) is 11.1 Å². The summed E-state index contributed by atoms with van der Waals surface area (Å²) >= 11 is 0. The van der Waals surface area contributed by atoms with Gasteiger partial charge in [-0.3, -0.25) is 9.78 Å². The Morgan fingerprint density at radius 3 is 3.00 bits per heavy atom. The van der Waals surface area contributed by atoms with E-state index >= 15 is 0 Å². The molecule has 0 saturated carbocycles. The molecule has 1 aromatic rings. The van der Waals surface area contributed by atoms with Gasteiger partial charge in [0.15, 0.2) is 0 Å². The van der Waals surface area contributed by atoms with E-state index in [-0.39, 0.29) is 18.0 Å². The number of aromatic nitrogens is 1.